The molecule has 8 heteroatoms. The maximum Gasteiger partial charge on any atom is 0.320 e. The van der Waals surface area contributed by atoms with Gasteiger partial charge in [-0.15, -0.1) is 0 Å². The standard InChI is InChI=1S/C26H33N5O2Si/c1-5-12-19(33-25-30-23(27)22-24(31-25)29-18-28-22)17-32-34(26(2,3)4,20-13-8-6-9-14-20)21-15-10-7-11-16-21/h6-11,13-16,18-19H,5,12,17H2,1-4H3,(H3,27,28,29,30,31). The van der Waals surface area contributed by atoms with Crippen LogP contribution in [0.3, 0.4) is 0 Å². The summed E-state index contributed by atoms with van der Waals surface area (Å²) < 4.78 is 13.3. The van der Waals surface area contributed by atoms with Crippen LogP contribution in [0.5, 0.6) is 6.01 Å². The first-order chi connectivity index (χ1) is 16.3. The second kappa shape index (κ2) is 9.95. The van der Waals surface area contributed by atoms with Gasteiger partial charge in [-0.2, -0.15) is 9.97 Å². The molecule has 1 unspecified atom stereocenters. The summed E-state index contributed by atoms with van der Waals surface area (Å²) in [4.78, 5) is 15.9. The average molecular weight is 476 g/mol. The van der Waals surface area contributed by atoms with Crippen LogP contribution in [-0.4, -0.2) is 41.0 Å². The predicted molar refractivity (Wildman–Crippen MR) is 139 cm³/mol. The van der Waals surface area contributed by atoms with Crippen molar-refractivity contribution in [2.75, 3.05) is 12.3 Å². The van der Waals surface area contributed by atoms with E-state index in [2.05, 4.69) is 96.2 Å². The molecule has 0 spiro atoms. The number of aromatic amines is 1. The fourth-order valence-corrected chi connectivity index (χ4v) is 9.11. The minimum absolute atomic E-state index is 0.109. The highest BCUT2D eigenvalue weighted by Gasteiger charge is 2.50. The molecule has 178 valence electrons. The molecule has 0 amide bonds. The molecule has 0 aliphatic carbocycles. The van der Waals surface area contributed by atoms with Gasteiger partial charge >= 0.3 is 6.01 Å². The van der Waals surface area contributed by atoms with E-state index in [1.54, 1.807) is 6.33 Å². The predicted octanol–water partition coefficient (Wildman–Crippen LogP) is 4.06. The number of benzene rings is 2. The molecule has 0 saturated heterocycles. The summed E-state index contributed by atoms with van der Waals surface area (Å²) >= 11 is 0. The summed E-state index contributed by atoms with van der Waals surface area (Å²) in [7, 11) is -2.66. The van der Waals surface area contributed by atoms with Crippen molar-refractivity contribution in [1.29, 1.82) is 0 Å². The van der Waals surface area contributed by atoms with E-state index in [0.29, 0.717) is 23.6 Å². The number of rotatable bonds is 9. The lowest BCUT2D eigenvalue weighted by Crippen LogP contribution is -2.67. The van der Waals surface area contributed by atoms with Gasteiger partial charge in [0, 0.05) is 0 Å². The Bertz CT molecular complexity index is 1170. The second-order valence-electron chi connectivity index (χ2n) is 9.49. The number of nitrogens with two attached hydrogens (primary N) is 1. The van der Waals surface area contributed by atoms with Gasteiger partial charge in [-0.3, -0.25) is 0 Å². The lowest BCUT2D eigenvalue weighted by Gasteiger charge is -2.43. The van der Waals surface area contributed by atoms with Gasteiger partial charge in [-0.1, -0.05) is 94.8 Å². The highest BCUT2D eigenvalue weighted by molar-refractivity contribution is 6.99. The Hall–Kier alpha value is -3.23. The van der Waals surface area contributed by atoms with Crippen molar-refractivity contribution >= 4 is 35.7 Å². The quantitative estimate of drug-likeness (QED) is 0.354. The number of aromatic nitrogens is 4. The summed E-state index contributed by atoms with van der Waals surface area (Å²) in [5.41, 5.74) is 7.17. The zero-order valence-electron chi connectivity index (χ0n) is 20.3. The molecule has 3 N–H and O–H groups in total. The Labute approximate surface area is 201 Å². The minimum Gasteiger partial charge on any atom is -0.458 e. The van der Waals surface area contributed by atoms with E-state index in [-0.39, 0.29) is 17.2 Å². The molecule has 4 rings (SSSR count). The van der Waals surface area contributed by atoms with Gasteiger partial charge in [0.15, 0.2) is 11.5 Å². The van der Waals surface area contributed by atoms with E-state index in [9.17, 15) is 0 Å². The van der Waals surface area contributed by atoms with Crippen molar-refractivity contribution in [3.05, 3.63) is 67.0 Å². The maximum atomic E-state index is 7.06. The van der Waals surface area contributed by atoms with Gasteiger partial charge in [0.1, 0.15) is 11.6 Å². The first kappa shape index (κ1) is 23.9. The van der Waals surface area contributed by atoms with Crippen molar-refractivity contribution in [1.82, 2.24) is 19.9 Å². The molecule has 34 heavy (non-hydrogen) atoms. The zero-order chi connectivity index (χ0) is 24.2. The van der Waals surface area contributed by atoms with Crippen LogP contribution < -0.4 is 20.8 Å². The Balaban J connectivity index is 1.68. The molecule has 2 aromatic heterocycles. The molecule has 0 fully saturated rings. The molecule has 7 nitrogen and oxygen atoms in total. The van der Waals surface area contributed by atoms with Crippen molar-refractivity contribution in [2.45, 2.75) is 51.7 Å². The van der Waals surface area contributed by atoms with Gasteiger partial charge in [-0.25, -0.2) is 4.98 Å². The second-order valence-corrected chi connectivity index (χ2v) is 13.8. The van der Waals surface area contributed by atoms with Crippen LogP contribution in [0.15, 0.2) is 67.0 Å². The lowest BCUT2D eigenvalue weighted by molar-refractivity contribution is 0.106. The SMILES string of the molecule is CCCC(CO[Si](c1ccccc1)(c1ccccc1)C(C)(C)C)Oc1nc(N)c2nc[nH]c2n1. The minimum atomic E-state index is -2.66. The van der Waals surface area contributed by atoms with E-state index < -0.39 is 8.32 Å². The van der Waals surface area contributed by atoms with Gasteiger partial charge in [0.25, 0.3) is 8.32 Å². The van der Waals surface area contributed by atoms with Crippen molar-refractivity contribution < 1.29 is 9.16 Å². The van der Waals surface area contributed by atoms with Gasteiger partial charge in [0.05, 0.1) is 12.9 Å². The molecule has 0 aliphatic rings. The third-order valence-corrected chi connectivity index (χ3v) is 11.1. The number of nitrogen functional groups attached to an aromatic ring is 1. The normalized spacial score (nSPS) is 13.2. The number of imidazole rings is 1. The number of nitrogens with zero attached hydrogens (tertiary/aromatic N) is 3. The van der Waals surface area contributed by atoms with Crippen molar-refractivity contribution in [3.8, 4) is 6.01 Å². The van der Waals surface area contributed by atoms with E-state index in [1.807, 2.05) is 12.1 Å². The molecule has 0 saturated carbocycles. The highest BCUT2D eigenvalue weighted by atomic mass is 28.4. The van der Waals surface area contributed by atoms with Crippen LogP contribution in [0.2, 0.25) is 5.04 Å². The monoisotopic (exact) mass is 475 g/mol. The molecule has 1 atom stereocenters. The molecule has 0 radical (unpaired) electrons. The number of fused-ring (bicyclic) bond motifs is 1. The molecule has 0 aliphatic heterocycles. The highest BCUT2D eigenvalue weighted by Crippen LogP contribution is 2.37. The van der Waals surface area contributed by atoms with Gasteiger partial charge < -0.3 is 19.9 Å². The topological polar surface area (TPSA) is 98.9 Å². The Kier molecular flexibility index (Phi) is 6.99. The van der Waals surface area contributed by atoms with Gasteiger partial charge in [0.2, 0.25) is 0 Å². The maximum absolute atomic E-state index is 7.06. The van der Waals surface area contributed by atoms with E-state index in [0.717, 1.165) is 12.8 Å². The number of nitrogens with one attached hydrogen (secondary N) is 1. The molecule has 0 bridgehead atoms. The lowest BCUT2D eigenvalue weighted by atomic mass is 10.2. The van der Waals surface area contributed by atoms with Crippen molar-refractivity contribution in [2.24, 2.45) is 0 Å². The van der Waals surface area contributed by atoms with Crippen LogP contribution in [-0.2, 0) is 4.43 Å². The third kappa shape index (κ3) is 4.69. The smallest absolute Gasteiger partial charge is 0.320 e. The fourth-order valence-electron chi connectivity index (χ4n) is 4.52. The van der Waals surface area contributed by atoms with Crippen LogP contribution >= 0.6 is 0 Å². The Morgan fingerprint density at radius 2 is 1.59 bits per heavy atom. The first-order valence-electron chi connectivity index (χ1n) is 11.7. The number of anilines is 1. The van der Waals surface area contributed by atoms with Crippen LogP contribution in [0.1, 0.15) is 40.5 Å². The van der Waals surface area contributed by atoms with Crippen LogP contribution in [0.25, 0.3) is 11.2 Å². The van der Waals surface area contributed by atoms with E-state index >= 15 is 0 Å². The third-order valence-electron chi connectivity index (χ3n) is 6.07. The average Bonchev–Trinajstić information content (AvgIpc) is 3.29. The summed E-state index contributed by atoms with van der Waals surface area (Å²) in [5.74, 6) is 0.296. The molecular formula is C26H33N5O2Si. The Morgan fingerprint density at radius 1 is 0.971 bits per heavy atom. The largest absolute Gasteiger partial charge is 0.458 e. The molecular weight excluding hydrogens is 442 g/mol. The van der Waals surface area contributed by atoms with Gasteiger partial charge in [-0.05, 0) is 21.8 Å². The summed E-state index contributed by atoms with van der Waals surface area (Å²) in [6.07, 6.45) is 3.08. The zero-order valence-corrected chi connectivity index (χ0v) is 21.3. The number of hydrogen-bond donors (Lipinski definition) is 2. The first-order valence-corrected chi connectivity index (χ1v) is 13.6. The number of hydrogen-bond acceptors (Lipinski definition) is 6. The van der Waals surface area contributed by atoms with E-state index in [1.165, 1.54) is 10.4 Å². The van der Waals surface area contributed by atoms with Crippen LogP contribution in [0, 0.1) is 0 Å². The van der Waals surface area contributed by atoms with Crippen LogP contribution in [0.4, 0.5) is 5.82 Å². The fraction of sp³-hybridized carbons (Fsp3) is 0.346. The Morgan fingerprint density at radius 3 is 2.15 bits per heavy atom. The number of H-pyrrole nitrogens is 1. The van der Waals surface area contributed by atoms with E-state index in [4.69, 9.17) is 14.9 Å². The number of ether oxygens (including phenoxy) is 1. The molecule has 2 heterocycles. The summed E-state index contributed by atoms with van der Waals surface area (Å²) in [5, 5.41) is 2.37. The van der Waals surface area contributed by atoms with Crippen molar-refractivity contribution in [3.63, 3.8) is 0 Å². The summed E-state index contributed by atoms with van der Waals surface area (Å²) in [6, 6.07) is 21.4. The summed E-state index contributed by atoms with van der Waals surface area (Å²) in [6.45, 7) is 9.36. The molecule has 4 aromatic rings. The molecule has 2 aromatic carbocycles.